The highest BCUT2D eigenvalue weighted by Crippen LogP contribution is 2.35. The summed E-state index contributed by atoms with van der Waals surface area (Å²) >= 11 is 0. The minimum Gasteiger partial charge on any atom is -0.465 e. The maximum absolute atomic E-state index is 13.6. The average Bonchev–Trinajstić information content (AvgIpc) is 2.93. The number of carbonyl (C=O) groups is 1. The standard InChI is InChI=1S/C21H28FN3O3/c1-3-6-16(14-7-5-11-24(12-10-14)21(27)28)19-23-18-9-8-15(22)13-17(18)20(26)25(19)4-2/h8-9,13-14,16H,3-7,10-12H2,1-2H3,(H,27,28). The molecular weight excluding hydrogens is 361 g/mol. The van der Waals surface area contributed by atoms with Gasteiger partial charge in [0.05, 0.1) is 10.9 Å². The Morgan fingerprint density at radius 2 is 2.11 bits per heavy atom. The fourth-order valence-electron chi connectivity index (χ4n) is 4.40. The van der Waals surface area contributed by atoms with E-state index in [1.54, 1.807) is 10.6 Å². The monoisotopic (exact) mass is 389 g/mol. The van der Waals surface area contributed by atoms with E-state index < -0.39 is 11.9 Å². The molecule has 152 valence electrons. The Kier molecular flexibility index (Phi) is 6.31. The van der Waals surface area contributed by atoms with Crippen LogP contribution in [0.1, 0.15) is 57.7 Å². The molecule has 1 fully saturated rings. The van der Waals surface area contributed by atoms with Crippen molar-refractivity contribution >= 4 is 17.0 Å². The van der Waals surface area contributed by atoms with Crippen LogP contribution in [0.5, 0.6) is 0 Å². The molecule has 7 heteroatoms. The number of likely N-dealkylation sites (tertiary alicyclic amines) is 1. The molecule has 1 aromatic heterocycles. The number of nitrogens with zero attached hydrogens (tertiary/aromatic N) is 3. The Balaban J connectivity index is 2.04. The first kappa shape index (κ1) is 20.3. The topological polar surface area (TPSA) is 75.4 Å². The summed E-state index contributed by atoms with van der Waals surface area (Å²) in [5.41, 5.74) is 0.317. The fourth-order valence-corrected chi connectivity index (χ4v) is 4.40. The largest absolute Gasteiger partial charge is 0.465 e. The summed E-state index contributed by atoms with van der Waals surface area (Å²) in [7, 11) is 0. The van der Waals surface area contributed by atoms with Crippen molar-refractivity contribution in [3.05, 3.63) is 40.2 Å². The molecule has 0 saturated carbocycles. The lowest BCUT2D eigenvalue weighted by atomic mass is 9.82. The van der Waals surface area contributed by atoms with Gasteiger partial charge in [0.25, 0.3) is 5.56 Å². The molecule has 0 spiro atoms. The lowest BCUT2D eigenvalue weighted by Gasteiger charge is -2.28. The summed E-state index contributed by atoms with van der Waals surface area (Å²) < 4.78 is 15.3. The average molecular weight is 389 g/mol. The minimum absolute atomic E-state index is 0.0841. The zero-order valence-corrected chi connectivity index (χ0v) is 16.5. The van der Waals surface area contributed by atoms with Crippen LogP contribution in [-0.4, -0.2) is 38.7 Å². The number of rotatable bonds is 5. The van der Waals surface area contributed by atoms with Crippen LogP contribution in [0.2, 0.25) is 0 Å². The Hall–Kier alpha value is -2.44. The normalized spacial score (nSPS) is 18.8. The summed E-state index contributed by atoms with van der Waals surface area (Å²) in [6.45, 7) is 5.55. The van der Waals surface area contributed by atoms with Crippen LogP contribution in [0.3, 0.4) is 0 Å². The van der Waals surface area contributed by atoms with Gasteiger partial charge in [0.1, 0.15) is 11.6 Å². The first-order valence-corrected chi connectivity index (χ1v) is 10.1. The zero-order valence-electron chi connectivity index (χ0n) is 16.5. The molecule has 3 rings (SSSR count). The summed E-state index contributed by atoms with van der Waals surface area (Å²) in [6.07, 6.45) is 3.45. The first-order chi connectivity index (χ1) is 13.5. The van der Waals surface area contributed by atoms with Crippen molar-refractivity contribution in [3.8, 4) is 0 Å². The third-order valence-corrected chi connectivity index (χ3v) is 5.81. The zero-order chi connectivity index (χ0) is 20.3. The van der Waals surface area contributed by atoms with Crippen molar-refractivity contribution in [2.75, 3.05) is 13.1 Å². The first-order valence-electron chi connectivity index (χ1n) is 10.1. The summed E-state index contributed by atoms with van der Waals surface area (Å²) in [5, 5.41) is 9.61. The van der Waals surface area contributed by atoms with Crippen molar-refractivity contribution in [1.82, 2.24) is 14.5 Å². The molecule has 28 heavy (non-hydrogen) atoms. The number of hydrogen-bond donors (Lipinski definition) is 1. The molecule has 0 bridgehead atoms. The van der Waals surface area contributed by atoms with Gasteiger partial charge < -0.3 is 10.0 Å². The molecule has 0 aliphatic carbocycles. The van der Waals surface area contributed by atoms with Gasteiger partial charge in [-0.05, 0) is 56.7 Å². The molecule has 1 saturated heterocycles. The quantitative estimate of drug-likeness (QED) is 0.831. The number of carboxylic acid groups (broad SMARTS) is 1. The van der Waals surface area contributed by atoms with E-state index in [4.69, 9.17) is 4.98 Å². The summed E-state index contributed by atoms with van der Waals surface area (Å²) in [6, 6.07) is 4.16. The fraction of sp³-hybridized carbons (Fsp3) is 0.571. The number of fused-ring (bicyclic) bond motifs is 1. The molecule has 1 amide bonds. The van der Waals surface area contributed by atoms with Crippen molar-refractivity contribution in [2.24, 2.45) is 5.92 Å². The van der Waals surface area contributed by atoms with E-state index >= 15 is 0 Å². The van der Waals surface area contributed by atoms with Crippen LogP contribution in [-0.2, 0) is 6.54 Å². The highest BCUT2D eigenvalue weighted by molar-refractivity contribution is 5.77. The number of halogens is 1. The van der Waals surface area contributed by atoms with Crippen molar-refractivity contribution in [2.45, 2.75) is 58.4 Å². The maximum Gasteiger partial charge on any atom is 0.407 e. The van der Waals surface area contributed by atoms with Crippen molar-refractivity contribution in [3.63, 3.8) is 0 Å². The van der Waals surface area contributed by atoms with E-state index in [0.717, 1.165) is 37.9 Å². The third-order valence-electron chi connectivity index (χ3n) is 5.81. The Bertz CT molecular complexity index is 912. The lowest BCUT2D eigenvalue weighted by molar-refractivity contribution is 0.146. The Morgan fingerprint density at radius 1 is 1.32 bits per heavy atom. The molecular formula is C21H28FN3O3. The SMILES string of the molecule is CCCC(c1nc2ccc(F)cc2c(=O)n1CC)C1CCCN(C(=O)O)CC1. The molecule has 1 aliphatic heterocycles. The predicted octanol–water partition coefficient (Wildman–Crippen LogP) is 4.22. The highest BCUT2D eigenvalue weighted by atomic mass is 19.1. The van der Waals surface area contributed by atoms with Crippen LogP contribution >= 0.6 is 0 Å². The maximum atomic E-state index is 13.6. The van der Waals surface area contributed by atoms with Crippen LogP contribution in [0.4, 0.5) is 9.18 Å². The highest BCUT2D eigenvalue weighted by Gasteiger charge is 2.30. The van der Waals surface area contributed by atoms with Gasteiger partial charge in [-0.25, -0.2) is 14.2 Å². The van der Waals surface area contributed by atoms with Gasteiger partial charge >= 0.3 is 6.09 Å². The van der Waals surface area contributed by atoms with Crippen molar-refractivity contribution < 1.29 is 14.3 Å². The summed E-state index contributed by atoms with van der Waals surface area (Å²) in [4.78, 5) is 30.6. The molecule has 2 heterocycles. The molecule has 2 aromatic rings. The molecule has 6 nitrogen and oxygen atoms in total. The molecule has 1 aromatic carbocycles. The van der Waals surface area contributed by atoms with Gasteiger partial charge in [0.2, 0.25) is 0 Å². The van der Waals surface area contributed by atoms with Crippen LogP contribution in [0.25, 0.3) is 10.9 Å². The predicted molar refractivity (Wildman–Crippen MR) is 106 cm³/mol. The molecule has 1 aliphatic rings. The van der Waals surface area contributed by atoms with Gasteiger partial charge in [-0.1, -0.05) is 13.3 Å². The van der Waals surface area contributed by atoms with Gasteiger partial charge in [-0.3, -0.25) is 9.36 Å². The van der Waals surface area contributed by atoms with E-state index in [9.17, 15) is 19.1 Å². The van der Waals surface area contributed by atoms with Gasteiger partial charge in [0.15, 0.2) is 0 Å². The van der Waals surface area contributed by atoms with Gasteiger partial charge in [-0.2, -0.15) is 0 Å². The molecule has 0 radical (unpaired) electrons. The van der Waals surface area contributed by atoms with Crippen LogP contribution < -0.4 is 5.56 Å². The molecule has 1 N–H and O–H groups in total. The molecule has 2 unspecified atom stereocenters. The van der Waals surface area contributed by atoms with Crippen LogP contribution in [0, 0.1) is 11.7 Å². The third kappa shape index (κ3) is 4.03. The Morgan fingerprint density at radius 3 is 2.79 bits per heavy atom. The molecule has 2 atom stereocenters. The van der Waals surface area contributed by atoms with E-state index in [-0.39, 0.29) is 17.4 Å². The van der Waals surface area contributed by atoms with Gasteiger partial charge in [-0.15, -0.1) is 0 Å². The minimum atomic E-state index is -0.871. The summed E-state index contributed by atoms with van der Waals surface area (Å²) in [5.74, 6) is 0.666. The second kappa shape index (κ2) is 8.71. The Labute approximate surface area is 164 Å². The lowest BCUT2D eigenvalue weighted by Crippen LogP contribution is -2.31. The van der Waals surface area contributed by atoms with Gasteiger partial charge in [0, 0.05) is 25.6 Å². The second-order valence-corrected chi connectivity index (χ2v) is 7.54. The number of aromatic nitrogens is 2. The number of hydrogen-bond acceptors (Lipinski definition) is 3. The second-order valence-electron chi connectivity index (χ2n) is 7.54. The van der Waals surface area contributed by atoms with Crippen molar-refractivity contribution in [1.29, 1.82) is 0 Å². The van der Waals surface area contributed by atoms with E-state index in [1.165, 1.54) is 17.0 Å². The smallest absolute Gasteiger partial charge is 0.407 e. The van der Waals surface area contributed by atoms with E-state index in [2.05, 4.69) is 6.92 Å². The van der Waals surface area contributed by atoms with E-state index in [0.29, 0.717) is 30.5 Å². The van der Waals surface area contributed by atoms with E-state index in [1.807, 2.05) is 6.92 Å². The number of benzene rings is 1. The number of amides is 1. The van der Waals surface area contributed by atoms with Crippen LogP contribution in [0.15, 0.2) is 23.0 Å².